The topological polar surface area (TPSA) is 101 Å². The Bertz CT molecular complexity index is 412. The summed E-state index contributed by atoms with van der Waals surface area (Å²) in [6.45, 7) is 4.33. The number of sulfonamides is 1. The van der Waals surface area contributed by atoms with Gasteiger partial charge in [-0.2, -0.15) is 5.10 Å². The molecule has 0 fully saturated rings. The maximum absolute atomic E-state index is 11.7. The van der Waals surface area contributed by atoms with Gasteiger partial charge < -0.3 is 5.73 Å². The first-order chi connectivity index (χ1) is 6.97. The van der Waals surface area contributed by atoms with Gasteiger partial charge in [-0.1, -0.05) is 6.92 Å². The summed E-state index contributed by atoms with van der Waals surface area (Å²) in [5, 5.41) is 6.25. The van der Waals surface area contributed by atoms with Crippen molar-refractivity contribution in [2.45, 2.75) is 18.7 Å². The van der Waals surface area contributed by atoms with Crippen LogP contribution in [0, 0.1) is 12.8 Å². The number of hydrogen-bond donors (Lipinski definition) is 3. The minimum atomic E-state index is -3.45. The third-order valence-electron chi connectivity index (χ3n) is 2.10. The highest BCUT2D eigenvalue weighted by molar-refractivity contribution is 7.89. The number of hydrogen-bond acceptors (Lipinski definition) is 4. The molecule has 0 aliphatic heterocycles. The van der Waals surface area contributed by atoms with E-state index in [1.165, 1.54) is 6.20 Å². The molecule has 0 radical (unpaired) electrons. The van der Waals surface area contributed by atoms with E-state index in [-0.39, 0.29) is 10.8 Å². The predicted molar refractivity (Wildman–Crippen MR) is 56.7 cm³/mol. The molecule has 1 aromatic heterocycles. The largest absolute Gasteiger partial charge is 0.330 e. The van der Waals surface area contributed by atoms with Gasteiger partial charge in [0.15, 0.2) is 0 Å². The van der Waals surface area contributed by atoms with Crippen LogP contribution in [-0.2, 0) is 10.0 Å². The SMILES string of the molecule is Cc1[nH]ncc1S(=O)(=O)NCC(C)CN. The number of nitrogens with one attached hydrogen (secondary N) is 2. The fourth-order valence-electron chi connectivity index (χ4n) is 1.02. The molecule has 0 amide bonds. The lowest BCUT2D eigenvalue weighted by Crippen LogP contribution is -2.31. The molecule has 1 rings (SSSR count). The van der Waals surface area contributed by atoms with Gasteiger partial charge in [-0.3, -0.25) is 5.10 Å². The average Bonchev–Trinajstić information content (AvgIpc) is 2.61. The first kappa shape index (κ1) is 12.2. The zero-order valence-corrected chi connectivity index (χ0v) is 9.63. The summed E-state index contributed by atoms with van der Waals surface area (Å²) in [6.07, 6.45) is 1.30. The van der Waals surface area contributed by atoms with Crippen LogP contribution < -0.4 is 10.5 Å². The maximum atomic E-state index is 11.7. The van der Waals surface area contributed by atoms with E-state index < -0.39 is 10.0 Å². The van der Waals surface area contributed by atoms with Crippen molar-refractivity contribution in [3.63, 3.8) is 0 Å². The number of rotatable bonds is 5. The number of aryl methyl sites for hydroxylation is 1. The van der Waals surface area contributed by atoms with Crippen molar-refractivity contribution in [3.8, 4) is 0 Å². The molecule has 7 heteroatoms. The monoisotopic (exact) mass is 232 g/mol. The van der Waals surface area contributed by atoms with Crippen LogP contribution >= 0.6 is 0 Å². The molecule has 4 N–H and O–H groups in total. The molecule has 1 aromatic rings. The Labute approximate surface area is 89.3 Å². The summed E-state index contributed by atoms with van der Waals surface area (Å²) in [7, 11) is -3.45. The highest BCUT2D eigenvalue weighted by atomic mass is 32.2. The molecule has 0 saturated heterocycles. The zero-order chi connectivity index (χ0) is 11.5. The zero-order valence-electron chi connectivity index (χ0n) is 8.82. The fourth-order valence-corrected chi connectivity index (χ4v) is 2.32. The molecular formula is C8H16N4O2S. The molecular weight excluding hydrogens is 216 g/mol. The lowest BCUT2D eigenvalue weighted by molar-refractivity contribution is 0.544. The van der Waals surface area contributed by atoms with E-state index in [0.717, 1.165) is 0 Å². The van der Waals surface area contributed by atoms with E-state index >= 15 is 0 Å². The third kappa shape index (κ3) is 3.01. The van der Waals surface area contributed by atoms with Gasteiger partial charge in [0.2, 0.25) is 10.0 Å². The Morgan fingerprint density at radius 3 is 2.80 bits per heavy atom. The molecule has 0 spiro atoms. The standard InChI is InChI=1S/C8H16N4O2S/c1-6(3-9)4-11-15(13,14)8-5-10-12-7(8)2/h5-6,11H,3-4,9H2,1-2H3,(H,10,12). The van der Waals surface area contributed by atoms with Crippen molar-refractivity contribution in [1.29, 1.82) is 0 Å². The van der Waals surface area contributed by atoms with Gasteiger partial charge in [-0.05, 0) is 19.4 Å². The van der Waals surface area contributed by atoms with Crippen LogP contribution in [0.5, 0.6) is 0 Å². The second-order valence-electron chi connectivity index (χ2n) is 3.55. The second-order valence-corrected chi connectivity index (χ2v) is 5.29. The molecule has 1 atom stereocenters. The Kier molecular flexibility index (Phi) is 3.83. The molecule has 1 heterocycles. The van der Waals surface area contributed by atoms with Gasteiger partial charge in [0, 0.05) is 6.54 Å². The number of aromatic amines is 1. The molecule has 0 saturated carbocycles. The van der Waals surface area contributed by atoms with E-state index in [0.29, 0.717) is 18.8 Å². The summed E-state index contributed by atoms with van der Waals surface area (Å²) < 4.78 is 25.9. The van der Waals surface area contributed by atoms with E-state index in [1.54, 1.807) is 6.92 Å². The Morgan fingerprint density at radius 2 is 2.33 bits per heavy atom. The molecule has 6 nitrogen and oxygen atoms in total. The summed E-state index contributed by atoms with van der Waals surface area (Å²) in [6, 6.07) is 0. The van der Waals surface area contributed by atoms with Gasteiger partial charge in [-0.15, -0.1) is 0 Å². The van der Waals surface area contributed by atoms with Crippen molar-refractivity contribution in [2.24, 2.45) is 11.7 Å². The lowest BCUT2D eigenvalue weighted by Gasteiger charge is -2.09. The highest BCUT2D eigenvalue weighted by Gasteiger charge is 2.18. The van der Waals surface area contributed by atoms with Crippen LogP contribution in [0.15, 0.2) is 11.1 Å². The molecule has 0 bridgehead atoms. The van der Waals surface area contributed by atoms with E-state index in [2.05, 4.69) is 14.9 Å². The number of H-pyrrole nitrogens is 1. The van der Waals surface area contributed by atoms with E-state index in [1.807, 2.05) is 6.92 Å². The van der Waals surface area contributed by atoms with Gasteiger partial charge in [0.05, 0.1) is 11.9 Å². The molecule has 1 unspecified atom stereocenters. The van der Waals surface area contributed by atoms with E-state index in [9.17, 15) is 8.42 Å². The molecule has 0 aliphatic rings. The summed E-state index contributed by atoms with van der Waals surface area (Å²) in [5.74, 6) is 0.118. The smallest absolute Gasteiger partial charge is 0.243 e. The van der Waals surface area contributed by atoms with Crippen LogP contribution in [0.3, 0.4) is 0 Å². The summed E-state index contributed by atoms with van der Waals surface area (Å²) in [5.41, 5.74) is 5.93. The molecule has 0 aromatic carbocycles. The van der Waals surface area contributed by atoms with Crippen molar-refractivity contribution >= 4 is 10.0 Å². The van der Waals surface area contributed by atoms with Gasteiger partial charge in [0.25, 0.3) is 0 Å². The maximum Gasteiger partial charge on any atom is 0.243 e. The van der Waals surface area contributed by atoms with Crippen molar-refractivity contribution < 1.29 is 8.42 Å². The van der Waals surface area contributed by atoms with Crippen LogP contribution in [0.25, 0.3) is 0 Å². The van der Waals surface area contributed by atoms with Crippen LogP contribution in [0.4, 0.5) is 0 Å². The minimum absolute atomic E-state index is 0.118. The Hall–Kier alpha value is -0.920. The summed E-state index contributed by atoms with van der Waals surface area (Å²) in [4.78, 5) is 0.187. The lowest BCUT2D eigenvalue weighted by atomic mass is 10.2. The number of nitrogens with two attached hydrogens (primary N) is 1. The highest BCUT2D eigenvalue weighted by Crippen LogP contribution is 2.10. The first-order valence-corrected chi connectivity index (χ1v) is 6.15. The quantitative estimate of drug-likeness (QED) is 0.642. The minimum Gasteiger partial charge on any atom is -0.330 e. The van der Waals surface area contributed by atoms with Crippen molar-refractivity contribution in [3.05, 3.63) is 11.9 Å². The molecule has 0 aliphatic carbocycles. The fraction of sp³-hybridized carbons (Fsp3) is 0.625. The molecule has 86 valence electrons. The van der Waals surface area contributed by atoms with Gasteiger partial charge >= 0.3 is 0 Å². The third-order valence-corrected chi connectivity index (χ3v) is 3.63. The van der Waals surface area contributed by atoms with Gasteiger partial charge in [-0.25, -0.2) is 13.1 Å². The first-order valence-electron chi connectivity index (χ1n) is 4.67. The Balaban J connectivity index is 2.73. The van der Waals surface area contributed by atoms with Crippen molar-refractivity contribution in [2.75, 3.05) is 13.1 Å². The average molecular weight is 232 g/mol. The number of aromatic nitrogens is 2. The number of nitrogens with zero attached hydrogens (tertiary/aromatic N) is 1. The van der Waals surface area contributed by atoms with Crippen LogP contribution in [-0.4, -0.2) is 31.7 Å². The van der Waals surface area contributed by atoms with Crippen LogP contribution in [0.1, 0.15) is 12.6 Å². The van der Waals surface area contributed by atoms with E-state index in [4.69, 9.17) is 5.73 Å². The van der Waals surface area contributed by atoms with Crippen molar-refractivity contribution in [1.82, 2.24) is 14.9 Å². The Morgan fingerprint density at radius 1 is 1.67 bits per heavy atom. The van der Waals surface area contributed by atoms with Gasteiger partial charge in [0.1, 0.15) is 4.90 Å². The summed E-state index contributed by atoms with van der Waals surface area (Å²) >= 11 is 0. The molecule has 15 heavy (non-hydrogen) atoms. The predicted octanol–water partition coefficient (Wildman–Crippen LogP) is -0.409. The normalized spacial score (nSPS) is 14.1. The van der Waals surface area contributed by atoms with Crippen LogP contribution in [0.2, 0.25) is 0 Å². The second kappa shape index (κ2) is 4.73.